The van der Waals surface area contributed by atoms with Gasteiger partial charge in [-0.05, 0) is 32.1 Å². The molecule has 1 rings (SSSR count). The third-order valence-electron chi connectivity index (χ3n) is 3.88. The number of hydrogen-bond acceptors (Lipinski definition) is 4. The van der Waals surface area contributed by atoms with Crippen LogP contribution in [0.3, 0.4) is 0 Å². The molecule has 18 heavy (non-hydrogen) atoms. The molecule has 1 aliphatic rings. The minimum absolute atomic E-state index is 0.304. The van der Waals surface area contributed by atoms with Crippen molar-refractivity contribution in [2.24, 2.45) is 11.8 Å². The second kappa shape index (κ2) is 5.88. The topological polar surface area (TPSA) is 55.4 Å². The van der Waals surface area contributed by atoms with E-state index in [-0.39, 0.29) is 0 Å². The molecule has 1 aliphatic heterocycles. The third-order valence-corrected chi connectivity index (χ3v) is 6.03. The van der Waals surface area contributed by atoms with Crippen molar-refractivity contribution in [2.75, 3.05) is 26.0 Å². The van der Waals surface area contributed by atoms with Crippen molar-refractivity contribution < 1.29 is 13.2 Å². The Bertz CT molecular complexity index is 362. The van der Waals surface area contributed by atoms with Crippen LogP contribution in [0.25, 0.3) is 0 Å². The molecule has 2 atom stereocenters. The molecule has 1 saturated heterocycles. The van der Waals surface area contributed by atoms with E-state index in [0.717, 1.165) is 19.6 Å². The van der Waals surface area contributed by atoms with E-state index in [1.807, 2.05) is 0 Å². The summed E-state index contributed by atoms with van der Waals surface area (Å²) in [4.78, 5) is 0. The molecule has 0 aromatic carbocycles. The zero-order valence-corrected chi connectivity index (χ0v) is 13.0. The summed E-state index contributed by atoms with van der Waals surface area (Å²) in [7, 11) is -3.02. The van der Waals surface area contributed by atoms with Crippen molar-refractivity contribution in [3.05, 3.63) is 0 Å². The monoisotopic (exact) mass is 277 g/mol. The largest absolute Gasteiger partial charge is 0.378 e. The molecule has 0 amide bonds. The molecule has 0 aromatic rings. The van der Waals surface area contributed by atoms with Gasteiger partial charge in [0.1, 0.15) is 0 Å². The predicted molar refractivity (Wildman–Crippen MR) is 74.5 cm³/mol. The van der Waals surface area contributed by atoms with Crippen molar-refractivity contribution in [3.8, 4) is 0 Å². The predicted octanol–water partition coefficient (Wildman–Crippen LogP) is 1.46. The van der Waals surface area contributed by atoms with Crippen LogP contribution in [-0.4, -0.2) is 45.2 Å². The highest BCUT2D eigenvalue weighted by Gasteiger charge is 2.33. The second-order valence-corrected chi connectivity index (χ2v) is 8.94. The highest BCUT2D eigenvalue weighted by atomic mass is 32.2. The zero-order chi connectivity index (χ0) is 14.0. The van der Waals surface area contributed by atoms with E-state index >= 15 is 0 Å². The van der Waals surface area contributed by atoms with E-state index in [4.69, 9.17) is 4.74 Å². The Kier molecular flexibility index (Phi) is 5.21. The van der Waals surface area contributed by atoms with Crippen molar-refractivity contribution >= 4 is 9.84 Å². The van der Waals surface area contributed by atoms with E-state index in [1.165, 1.54) is 6.26 Å². The van der Waals surface area contributed by atoms with Gasteiger partial charge in [0, 0.05) is 26.0 Å². The lowest BCUT2D eigenvalue weighted by Gasteiger charge is -2.26. The number of nitrogens with one attached hydrogen (secondary N) is 1. The van der Waals surface area contributed by atoms with Gasteiger partial charge in [-0.1, -0.05) is 13.8 Å². The zero-order valence-electron chi connectivity index (χ0n) is 12.2. The van der Waals surface area contributed by atoms with Crippen molar-refractivity contribution in [1.29, 1.82) is 0 Å². The van der Waals surface area contributed by atoms with Gasteiger partial charge in [-0.15, -0.1) is 0 Å². The van der Waals surface area contributed by atoms with Crippen LogP contribution in [0, 0.1) is 11.8 Å². The van der Waals surface area contributed by atoms with Gasteiger partial charge in [-0.25, -0.2) is 8.42 Å². The van der Waals surface area contributed by atoms with Crippen LogP contribution in [0.15, 0.2) is 0 Å². The summed E-state index contributed by atoms with van der Waals surface area (Å²) in [5.74, 6) is 1.02. The van der Waals surface area contributed by atoms with Crippen LogP contribution in [0.1, 0.15) is 34.1 Å². The number of sulfone groups is 1. The van der Waals surface area contributed by atoms with Gasteiger partial charge in [-0.3, -0.25) is 0 Å². The van der Waals surface area contributed by atoms with E-state index in [9.17, 15) is 8.42 Å². The van der Waals surface area contributed by atoms with Crippen LogP contribution in [0.5, 0.6) is 0 Å². The molecule has 0 radical (unpaired) electrons. The molecule has 0 unspecified atom stereocenters. The molecular formula is C13H27NO3S. The van der Waals surface area contributed by atoms with Gasteiger partial charge in [-0.2, -0.15) is 0 Å². The molecule has 0 spiro atoms. The summed E-state index contributed by atoms with van der Waals surface area (Å²) in [6.45, 7) is 10.0. The molecule has 5 heteroatoms. The Hall–Kier alpha value is -0.130. The van der Waals surface area contributed by atoms with Crippen molar-refractivity contribution in [3.63, 3.8) is 0 Å². The summed E-state index contributed by atoms with van der Waals surface area (Å²) in [5.41, 5.74) is 0. The fraction of sp³-hybridized carbons (Fsp3) is 1.00. The first kappa shape index (κ1) is 15.9. The molecule has 4 nitrogen and oxygen atoms in total. The Morgan fingerprint density at radius 3 is 2.50 bits per heavy atom. The first-order valence-electron chi connectivity index (χ1n) is 6.67. The smallest absolute Gasteiger partial charge is 0.153 e. The summed E-state index contributed by atoms with van der Waals surface area (Å²) in [5, 5.41) is 3.30. The molecular weight excluding hydrogens is 250 g/mol. The van der Waals surface area contributed by atoms with Gasteiger partial charge >= 0.3 is 0 Å². The third kappa shape index (κ3) is 3.93. The Morgan fingerprint density at radius 1 is 1.39 bits per heavy atom. The molecule has 0 aliphatic carbocycles. The summed E-state index contributed by atoms with van der Waals surface area (Å²) in [6.07, 6.45) is 2.67. The van der Waals surface area contributed by atoms with Gasteiger partial charge in [0.2, 0.25) is 0 Å². The Morgan fingerprint density at radius 2 is 2.00 bits per heavy atom. The minimum Gasteiger partial charge on any atom is -0.378 e. The molecule has 0 bridgehead atoms. The Balaban J connectivity index is 2.43. The lowest BCUT2D eigenvalue weighted by atomic mass is 9.93. The maximum Gasteiger partial charge on any atom is 0.153 e. The summed E-state index contributed by atoms with van der Waals surface area (Å²) >= 11 is 0. The highest BCUT2D eigenvalue weighted by molar-refractivity contribution is 7.92. The van der Waals surface area contributed by atoms with Crippen LogP contribution in [-0.2, 0) is 14.6 Å². The van der Waals surface area contributed by atoms with Gasteiger partial charge in [0.15, 0.2) is 9.84 Å². The fourth-order valence-electron chi connectivity index (χ4n) is 2.30. The number of hydrogen-bond donors (Lipinski definition) is 1. The van der Waals surface area contributed by atoms with E-state index < -0.39 is 14.6 Å². The number of ether oxygens (including phenoxy) is 1. The van der Waals surface area contributed by atoms with Gasteiger partial charge in [0.25, 0.3) is 0 Å². The standard InChI is InChI=1S/C13H27NO3S/c1-10(2)12-11(6-7-17-12)8-14-9-13(3,4)18(5,15)16/h10-12,14H,6-9H2,1-5H3/t11-,12-/m1/s1. The van der Waals surface area contributed by atoms with Crippen LogP contribution >= 0.6 is 0 Å². The highest BCUT2D eigenvalue weighted by Crippen LogP contribution is 2.26. The van der Waals surface area contributed by atoms with Gasteiger partial charge < -0.3 is 10.1 Å². The average molecular weight is 277 g/mol. The molecule has 0 saturated carbocycles. The molecule has 1 heterocycles. The normalized spacial score (nSPS) is 25.9. The number of rotatable bonds is 6. The maximum atomic E-state index is 11.6. The molecule has 108 valence electrons. The summed E-state index contributed by atoms with van der Waals surface area (Å²) < 4.78 is 28.2. The molecule has 1 N–H and O–H groups in total. The van der Waals surface area contributed by atoms with E-state index in [0.29, 0.717) is 24.5 Å². The first-order chi connectivity index (χ1) is 8.15. The van der Waals surface area contributed by atoms with Crippen LogP contribution < -0.4 is 5.32 Å². The van der Waals surface area contributed by atoms with Gasteiger partial charge in [0.05, 0.1) is 10.9 Å². The average Bonchev–Trinajstić information content (AvgIpc) is 2.63. The lowest BCUT2D eigenvalue weighted by molar-refractivity contribution is 0.0539. The van der Waals surface area contributed by atoms with E-state index in [1.54, 1.807) is 13.8 Å². The quantitative estimate of drug-likeness (QED) is 0.798. The fourth-order valence-corrected chi connectivity index (χ4v) is 2.66. The van der Waals surface area contributed by atoms with Crippen molar-refractivity contribution in [2.45, 2.75) is 45.0 Å². The van der Waals surface area contributed by atoms with Crippen LogP contribution in [0.2, 0.25) is 0 Å². The van der Waals surface area contributed by atoms with Crippen molar-refractivity contribution in [1.82, 2.24) is 5.32 Å². The molecule has 0 aromatic heterocycles. The second-order valence-electron chi connectivity index (χ2n) is 6.29. The lowest BCUT2D eigenvalue weighted by Crippen LogP contribution is -2.44. The van der Waals surface area contributed by atoms with E-state index in [2.05, 4.69) is 19.2 Å². The van der Waals surface area contributed by atoms with Crippen LogP contribution in [0.4, 0.5) is 0 Å². The maximum absolute atomic E-state index is 11.6. The SMILES string of the molecule is CC(C)[C@H]1OCC[C@@H]1CNCC(C)(C)S(C)(=O)=O. The summed E-state index contributed by atoms with van der Waals surface area (Å²) in [6, 6.07) is 0. The Labute approximate surface area is 111 Å². The first-order valence-corrected chi connectivity index (χ1v) is 8.56. The molecule has 1 fully saturated rings. The minimum atomic E-state index is -3.02.